The van der Waals surface area contributed by atoms with Crippen molar-refractivity contribution in [1.29, 1.82) is 0 Å². The minimum absolute atomic E-state index is 0.0659. The maximum absolute atomic E-state index is 13.2. The predicted molar refractivity (Wildman–Crippen MR) is 143 cm³/mol. The predicted octanol–water partition coefficient (Wildman–Crippen LogP) is 7.60. The number of aryl methyl sites for hydroxylation is 1. The Kier molecular flexibility index (Phi) is 5.68. The fourth-order valence-electron chi connectivity index (χ4n) is 4.55. The Morgan fingerprint density at radius 1 is 0.914 bits per heavy atom. The van der Waals surface area contributed by atoms with E-state index in [1.54, 1.807) is 0 Å². The van der Waals surface area contributed by atoms with Gasteiger partial charge in [-0.15, -0.1) is 0 Å². The van der Waals surface area contributed by atoms with Gasteiger partial charge in [-0.25, -0.2) is 9.78 Å². The molecule has 0 amide bonds. The van der Waals surface area contributed by atoms with Crippen LogP contribution < -0.4 is 0 Å². The van der Waals surface area contributed by atoms with Gasteiger partial charge < -0.3 is 4.74 Å². The number of hydrogen-bond acceptors (Lipinski definition) is 3. The van der Waals surface area contributed by atoms with E-state index < -0.39 is 0 Å². The van der Waals surface area contributed by atoms with Gasteiger partial charge in [0, 0.05) is 10.9 Å². The molecule has 4 heteroatoms. The van der Waals surface area contributed by atoms with Crippen LogP contribution in [0.25, 0.3) is 39.1 Å². The fraction of sp³-hybridized carbons (Fsp3) is 0.226. The van der Waals surface area contributed by atoms with Crippen LogP contribution >= 0.6 is 0 Å². The van der Waals surface area contributed by atoms with Crippen molar-refractivity contribution >= 4 is 22.5 Å². The topological polar surface area (TPSA) is 43.6 Å². The molecule has 0 aliphatic carbocycles. The minimum atomic E-state index is -0.353. The molecule has 0 N–H and O–H groups in total. The summed E-state index contributed by atoms with van der Waals surface area (Å²) < 4.78 is 7.56. The summed E-state index contributed by atoms with van der Waals surface area (Å²) in [5, 5.41) is 0.840. The summed E-state index contributed by atoms with van der Waals surface area (Å²) in [6.07, 6.45) is 0. The largest absolute Gasteiger partial charge is 0.462 e. The van der Waals surface area contributed by atoms with Crippen molar-refractivity contribution in [3.05, 3.63) is 95.6 Å². The van der Waals surface area contributed by atoms with Gasteiger partial charge in [0.15, 0.2) is 5.65 Å². The van der Waals surface area contributed by atoms with Crippen LogP contribution in [0.2, 0.25) is 0 Å². The van der Waals surface area contributed by atoms with Crippen molar-refractivity contribution < 1.29 is 9.53 Å². The molecule has 5 aromatic rings. The number of carbonyl (C=O) groups excluding carboxylic acids is 1. The third kappa shape index (κ3) is 4.10. The molecule has 0 spiro atoms. The molecule has 0 bridgehead atoms. The van der Waals surface area contributed by atoms with Crippen LogP contribution in [0.5, 0.6) is 0 Å². The first-order valence-electron chi connectivity index (χ1n) is 12.1. The lowest BCUT2D eigenvalue weighted by Gasteiger charge is -2.19. The molecule has 0 saturated heterocycles. The van der Waals surface area contributed by atoms with Crippen molar-refractivity contribution in [2.75, 3.05) is 6.61 Å². The van der Waals surface area contributed by atoms with Crippen LogP contribution in [-0.2, 0) is 10.2 Å². The van der Waals surface area contributed by atoms with Gasteiger partial charge in [0.05, 0.1) is 23.5 Å². The molecule has 2 heterocycles. The van der Waals surface area contributed by atoms with Crippen molar-refractivity contribution in [3.63, 3.8) is 0 Å². The summed E-state index contributed by atoms with van der Waals surface area (Å²) in [6, 6.07) is 27.1. The number of para-hydroxylation sites is 1. The summed E-state index contributed by atoms with van der Waals surface area (Å²) in [4.78, 5) is 18.2. The van der Waals surface area contributed by atoms with Gasteiger partial charge in [0.2, 0.25) is 0 Å². The van der Waals surface area contributed by atoms with Crippen LogP contribution in [0.1, 0.15) is 49.2 Å². The minimum Gasteiger partial charge on any atom is -0.462 e. The molecular weight excluding hydrogens is 432 g/mol. The third-order valence-corrected chi connectivity index (χ3v) is 6.46. The first-order chi connectivity index (χ1) is 16.8. The number of hydrogen-bond donors (Lipinski definition) is 0. The highest BCUT2D eigenvalue weighted by Gasteiger charge is 2.24. The van der Waals surface area contributed by atoms with E-state index in [0.717, 1.165) is 33.4 Å². The lowest BCUT2D eigenvalue weighted by molar-refractivity contribution is 0.0530. The Bertz CT molecular complexity index is 1540. The van der Waals surface area contributed by atoms with Crippen molar-refractivity contribution in [1.82, 2.24) is 9.38 Å². The van der Waals surface area contributed by atoms with E-state index in [4.69, 9.17) is 9.72 Å². The molecule has 5 rings (SSSR count). The Morgan fingerprint density at radius 2 is 1.57 bits per heavy atom. The molecule has 176 valence electrons. The highest BCUT2D eigenvalue weighted by molar-refractivity contribution is 6.11. The summed E-state index contributed by atoms with van der Waals surface area (Å²) in [5.41, 5.74) is 8.45. The van der Waals surface area contributed by atoms with Gasteiger partial charge in [0.1, 0.15) is 5.56 Å². The van der Waals surface area contributed by atoms with E-state index in [-0.39, 0.29) is 11.4 Å². The van der Waals surface area contributed by atoms with E-state index >= 15 is 0 Å². The number of benzene rings is 3. The third-order valence-electron chi connectivity index (χ3n) is 6.46. The van der Waals surface area contributed by atoms with Crippen LogP contribution in [0.3, 0.4) is 0 Å². The molecular formula is C31H30N2O2. The van der Waals surface area contributed by atoms with Crippen LogP contribution in [0.4, 0.5) is 0 Å². The van der Waals surface area contributed by atoms with Crippen LogP contribution in [0, 0.1) is 6.92 Å². The maximum atomic E-state index is 13.2. The standard InChI is InChI=1S/C31H30N2O2/c1-6-35-30(34)28-24-9-7-8-10-26(24)33-27(22-15-17-23(18-16-22)31(3,4)5)19-25(32-29(28)33)21-13-11-20(2)12-14-21/h7-19H,6H2,1-5H3. The van der Waals surface area contributed by atoms with Crippen LogP contribution in [0.15, 0.2) is 78.9 Å². The van der Waals surface area contributed by atoms with E-state index in [0.29, 0.717) is 17.8 Å². The monoisotopic (exact) mass is 462 g/mol. The average molecular weight is 463 g/mol. The molecule has 2 aromatic heterocycles. The number of ether oxygens (including phenoxy) is 1. The van der Waals surface area contributed by atoms with Crippen molar-refractivity contribution in [2.24, 2.45) is 0 Å². The van der Waals surface area contributed by atoms with E-state index in [2.05, 4.69) is 86.7 Å². The normalized spacial score (nSPS) is 11.8. The fourth-order valence-corrected chi connectivity index (χ4v) is 4.55. The molecule has 4 nitrogen and oxygen atoms in total. The summed E-state index contributed by atoms with van der Waals surface area (Å²) in [7, 11) is 0. The van der Waals surface area contributed by atoms with E-state index in [1.165, 1.54) is 11.1 Å². The zero-order chi connectivity index (χ0) is 24.7. The second-order valence-electron chi connectivity index (χ2n) is 9.99. The van der Waals surface area contributed by atoms with Gasteiger partial charge in [-0.1, -0.05) is 93.1 Å². The smallest absolute Gasteiger partial charge is 0.342 e. The molecule has 0 unspecified atom stereocenters. The average Bonchev–Trinajstić information content (AvgIpc) is 3.18. The first kappa shape index (κ1) is 22.9. The van der Waals surface area contributed by atoms with Gasteiger partial charge in [-0.3, -0.25) is 4.40 Å². The zero-order valence-electron chi connectivity index (χ0n) is 20.9. The number of rotatable bonds is 4. The lowest BCUT2D eigenvalue weighted by Crippen LogP contribution is -2.10. The number of nitrogens with zero attached hydrogens (tertiary/aromatic N) is 2. The highest BCUT2D eigenvalue weighted by atomic mass is 16.5. The highest BCUT2D eigenvalue weighted by Crippen LogP contribution is 2.35. The summed E-state index contributed by atoms with van der Waals surface area (Å²) >= 11 is 0. The Balaban J connectivity index is 1.86. The number of fused-ring (bicyclic) bond motifs is 3. The summed E-state index contributed by atoms with van der Waals surface area (Å²) in [6.45, 7) is 10.9. The maximum Gasteiger partial charge on any atom is 0.342 e. The number of carbonyl (C=O) groups is 1. The SMILES string of the molecule is CCOC(=O)c1c2ccccc2n2c(-c3ccc(C(C)(C)C)cc3)cc(-c3ccc(C)cc3)nc12. The zero-order valence-corrected chi connectivity index (χ0v) is 20.9. The Morgan fingerprint density at radius 3 is 2.23 bits per heavy atom. The lowest BCUT2D eigenvalue weighted by atomic mass is 9.86. The van der Waals surface area contributed by atoms with Gasteiger partial charge in [-0.05, 0) is 42.5 Å². The number of esters is 1. The Hall–Kier alpha value is -3.92. The second-order valence-corrected chi connectivity index (χ2v) is 9.99. The van der Waals surface area contributed by atoms with Crippen molar-refractivity contribution in [3.8, 4) is 22.5 Å². The quantitative estimate of drug-likeness (QED) is 0.258. The van der Waals surface area contributed by atoms with E-state index in [1.807, 2.05) is 31.2 Å². The first-order valence-corrected chi connectivity index (χ1v) is 12.1. The molecule has 3 aromatic carbocycles. The summed E-state index contributed by atoms with van der Waals surface area (Å²) in [5.74, 6) is -0.353. The molecule has 0 saturated carbocycles. The van der Waals surface area contributed by atoms with Crippen molar-refractivity contribution in [2.45, 2.75) is 40.0 Å². The molecule has 0 aliphatic rings. The molecule has 35 heavy (non-hydrogen) atoms. The molecule has 0 atom stereocenters. The molecule has 0 fully saturated rings. The van der Waals surface area contributed by atoms with Crippen LogP contribution in [-0.4, -0.2) is 22.0 Å². The molecule has 0 aliphatic heterocycles. The Labute approximate surface area is 206 Å². The van der Waals surface area contributed by atoms with Gasteiger partial charge in [0.25, 0.3) is 0 Å². The second kappa shape index (κ2) is 8.70. The number of aromatic nitrogens is 2. The molecule has 0 radical (unpaired) electrons. The van der Waals surface area contributed by atoms with Gasteiger partial charge >= 0.3 is 5.97 Å². The van der Waals surface area contributed by atoms with E-state index in [9.17, 15) is 4.79 Å². The van der Waals surface area contributed by atoms with Gasteiger partial charge in [-0.2, -0.15) is 0 Å².